The van der Waals surface area contributed by atoms with Gasteiger partial charge in [-0.2, -0.15) is 0 Å². The Balaban J connectivity index is 0.974. The lowest BCUT2D eigenvalue weighted by Gasteiger charge is -2.52. The minimum atomic E-state index is -1.30. The van der Waals surface area contributed by atoms with Crippen LogP contribution in [-0.2, 0) is 115 Å². The van der Waals surface area contributed by atoms with E-state index in [0.717, 1.165) is 44.6 Å². The maximum atomic E-state index is 13.8. The third-order valence-corrected chi connectivity index (χ3v) is 16.9. The van der Waals surface area contributed by atoms with Crippen LogP contribution in [0.2, 0.25) is 0 Å². The summed E-state index contributed by atoms with van der Waals surface area (Å²) in [6.07, 6.45) is -13.1. The summed E-state index contributed by atoms with van der Waals surface area (Å²) in [4.78, 5) is 13.8. The summed E-state index contributed by atoms with van der Waals surface area (Å²) in [5.74, 6) is -0.597. The standard InChI is InChI=1S/C79H90N2O16/c1-56(66(52-83-46-58-28-11-3-12-29-58)93-77(86-45-27-44-80)69(87-49-61-34-17-6-18-35-61)54-85-48-60-32-15-5-16-33-60)91-79-75(89-51-63-38-21-8-22-39-63)74(72(92-57(2)82)67(95-79)53-84-47-59-30-13-4-14-31-59)97-78-70(81-65-42-25-10-26-43-65)73(88-50-62-36-19-7-20-37-62)71-68(94-78)55-90-76(96-71)64-40-23-9-24-41-64/h3-26,28-43,56,66-79,81H,27,44-55,80H2,1-2H3/t56-,66?,67?,68?,69-,70?,71?,72?,73?,74?,75?,76?,77?,78?,79?/m0/s1. The van der Waals surface area contributed by atoms with Gasteiger partial charge >= 0.3 is 5.97 Å². The van der Waals surface area contributed by atoms with Crippen LogP contribution in [-0.4, -0.2) is 132 Å². The van der Waals surface area contributed by atoms with Crippen molar-refractivity contribution in [2.24, 2.45) is 5.73 Å². The van der Waals surface area contributed by atoms with Crippen molar-refractivity contribution in [2.75, 3.05) is 44.9 Å². The highest BCUT2D eigenvalue weighted by Gasteiger charge is 2.57. The molecule has 0 aromatic heterocycles. The number of carbonyl (C=O) groups excluding carboxylic acids is 1. The lowest BCUT2D eigenvalue weighted by atomic mass is 9.93. The number of rotatable bonds is 37. The van der Waals surface area contributed by atoms with Crippen LogP contribution < -0.4 is 11.1 Å². The first kappa shape index (κ1) is 70.7. The Morgan fingerprint density at radius 1 is 0.515 bits per heavy atom. The summed E-state index contributed by atoms with van der Waals surface area (Å²) in [7, 11) is 0. The van der Waals surface area contributed by atoms with Gasteiger partial charge in [0.1, 0.15) is 54.9 Å². The molecule has 15 atom stereocenters. The third-order valence-electron chi connectivity index (χ3n) is 16.9. The molecule has 0 spiro atoms. The number of carbonyl (C=O) groups is 1. The Kier molecular flexibility index (Phi) is 27.7. The van der Waals surface area contributed by atoms with E-state index in [1.165, 1.54) is 6.92 Å². The fourth-order valence-electron chi connectivity index (χ4n) is 11.9. The first-order valence-electron chi connectivity index (χ1n) is 33.5. The highest BCUT2D eigenvalue weighted by atomic mass is 16.8. The number of benzene rings is 8. The Morgan fingerprint density at radius 2 is 1.00 bits per heavy atom. The fourth-order valence-corrected chi connectivity index (χ4v) is 11.9. The zero-order valence-electron chi connectivity index (χ0n) is 55.1. The van der Waals surface area contributed by atoms with Crippen molar-refractivity contribution in [3.63, 3.8) is 0 Å². The molecule has 8 aromatic rings. The normalized spacial score (nSPS) is 23.7. The van der Waals surface area contributed by atoms with E-state index in [4.69, 9.17) is 76.8 Å². The predicted molar refractivity (Wildman–Crippen MR) is 364 cm³/mol. The van der Waals surface area contributed by atoms with Crippen LogP contribution in [0.4, 0.5) is 5.69 Å². The molecule has 0 saturated carbocycles. The van der Waals surface area contributed by atoms with E-state index in [1.54, 1.807) is 0 Å². The van der Waals surface area contributed by atoms with Gasteiger partial charge in [0, 0.05) is 18.2 Å². The van der Waals surface area contributed by atoms with Crippen molar-refractivity contribution < 1.29 is 75.8 Å². The van der Waals surface area contributed by atoms with Crippen molar-refractivity contribution in [2.45, 2.75) is 152 Å². The van der Waals surface area contributed by atoms with E-state index >= 15 is 0 Å². The monoisotopic (exact) mass is 1320 g/mol. The van der Waals surface area contributed by atoms with Crippen LogP contribution >= 0.6 is 0 Å². The maximum Gasteiger partial charge on any atom is 0.303 e. The molecule has 0 bridgehead atoms. The number of para-hydroxylation sites is 1. The Bertz CT molecular complexity index is 3450. The SMILES string of the molecule is CC(=O)OC1C(COCc2ccccc2)OC(O[C@@H](C)C(COCc2ccccc2)OC(OCCCN)[C@H](COCc2ccccc2)OCc2ccccc2)C(OCc2ccccc2)C1OC1OC2COC(c3ccccc3)OC2C(OCc2ccccc2)C1Nc1ccccc1. The van der Waals surface area contributed by atoms with Gasteiger partial charge in [-0.15, -0.1) is 0 Å². The number of fused-ring (bicyclic) bond motifs is 1. The fraction of sp³-hybridized carbons (Fsp3) is 0.380. The van der Waals surface area contributed by atoms with E-state index in [1.807, 2.05) is 250 Å². The van der Waals surface area contributed by atoms with Crippen LogP contribution in [0.3, 0.4) is 0 Å². The molecule has 0 radical (unpaired) electrons. The van der Waals surface area contributed by atoms with Gasteiger partial charge in [-0.3, -0.25) is 4.79 Å². The number of ether oxygens (including phenoxy) is 15. The second-order valence-electron chi connectivity index (χ2n) is 24.2. The zero-order valence-corrected chi connectivity index (χ0v) is 55.1. The molecule has 0 amide bonds. The maximum absolute atomic E-state index is 13.8. The van der Waals surface area contributed by atoms with Gasteiger partial charge in [-0.25, -0.2) is 0 Å². The number of nitrogens with two attached hydrogens (primary N) is 1. The van der Waals surface area contributed by atoms with Crippen LogP contribution in [0.5, 0.6) is 0 Å². The van der Waals surface area contributed by atoms with E-state index in [0.29, 0.717) is 19.6 Å². The minimum absolute atomic E-state index is 0.00983. The quantitative estimate of drug-likeness (QED) is 0.0212. The first-order chi connectivity index (χ1) is 47.8. The zero-order chi connectivity index (χ0) is 66.6. The molecule has 512 valence electrons. The number of anilines is 1. The van der Waals surface area contributed by atoms with E-state index in [-0.39, 0.29) is 66.1 Å². The third kappa shape index (κ3) is 21.5. The number of hydrogen-bond donors (Lipinski definition) is 2. The van der Waals surface area contributed by atoms with Gasteiger partial charge in [0.2, 0.25) is 0 Å². The molecule has 0 aliphatic carbocycles. The molecule has 3 N–H and O–H groups in total. The average molecular weight is 1320 g/mol. The Hall–Kier alpha value is -7.57. The summed E-state index contributed by atoms with van der Waals surface area (Å²) in [5, 5.41) is 3.76. The molecule has 18 heteroatoms. The molecular formula is C79H90N2O16. The molecule has 3 saturated heterocycles. The summed E-state index contributed by atoms with van der Waals surface area (Å²) >= 11 is 0. The van der Waals surface area contributed by atoms with Crippen LogP contribution in [0.1, 0.15) is 65.5 Å². The molecule has 8 aromatic carbocycles. The number of esters is 1. The minimum Gasteiger partial charge on any atom is -0.457 e. The lowest BCUT2D eigenvalue weighted by Crippen LogP contribution is -2.68. The van der Waals surface area contributed by atoms with E-state index < -0.39 is 98.2 Å². The topological polar surface area (TPSA) is 194 Å². The van der Waals surface area contributed by atoms with Crippen molar-refractivity contribution in [1.29, 1.82) is 0 Å². The number of hydrogen-bond acceptors (Lipinski definition) is 18. The molecule has 3 fully saturated rings. The molecule has 3 aliphatic rings. The van der Waals surface area contributed by atoms with Gasteiger partial charge in [-0.05, 0) is 65.4 Å². The highest BCUT2D eigenvalue weighted by molar-refractivity contribution is 5.66. The second kappa shape index (κ2) is 38.0. The van der Waals surface area contributed by atoms with Crippen molar-refractivity contribution in [3.8, 4) is 0 Å². The smallest absolute Gasteiger partial charge is 0.303 e. The van der Waals surface area contributed by atoms with Gasteiger partial charge in [0.15, 0.2) is 31.3 Å². The van der Waals surface area contributed by atoms with Crippen LogP contribution in [0.25, 0.3) is 0 Å². The molecule has 13 unspecified atom stereocenters. The second-order valence-corrected chi connectivity index (χ2v) is 24.2. The van der Waals surface area contributed by atoms with Gasteiger partial charge in [-0.1, -0.05) is 231 Å². The molecule has 11 rings (SSSR count). The van der Waals surface area contributed by atoms with Crippen molar-refractivity contribution in [3.05, 3.63) is 282 Å². The van der Waals surface area contributed by atoms with Gasteiger partial charge < -0.3 is 82.1 Å². The van der Waals surface area contributed by atoms with E-state index in [2.05, 4.69) is 5.32 Å². The largest absolute Gasteiger partial charge is 0.457 e. The molecule has 97 heavy (non-hydrogen) atoms. The summed E-state index contributed by atoms with van der Waals surface area (Å²) in [6.45, 7) is 5.28. The van der Waals surface area contributed by atoms with Crippen molar-refractivity contribution >= 4 is 11.7 Å². The average Bonchev–Trinajstić information content (AvgIpc) is 0.775. The lowest BCUT2D eigenvalue weighted by molar-refractivity contribution is -0.380. The summed E-state index contributed by atoms with van der Waals surface area (Å²) < 4.78 is 104. The van der Waals surface area contributed by atoms with E-state index in [9.17, 15) is 4.79 Å². The molecule has 3 heterocycles. The number of nitrogens with one attached hydrogen (secondary N) is 1. The highest BCUT2D eigenvalue weighted by Crippen LogP contribution is 2.40. The van der Waals surface area contributed by atoms with Crippen LogP contribution in [0, 0.1) is 0 Å². The molecule has 3 aliphatic heterocycles. The summed E-state index contributed by atoms with van der Waals surface area (Å²) in [6, 6.07) is 78.0. The Labute approximate surface area is 569 Å². The predicted octanol–water partition coefficient (Wildman–Crippen LogP) is 12.2. The van der Waals surface area contributed by atoms with Crippen LogP contribution in [0.15, 0.2) is 243 Å². The first-order valence-corrected chi connectivity index (χ1v) is 33.5. The molecular weight excluding hydrogens is 1230 g/mol. The van der Waals surface area contributed by atoms with Gasteiger partial charge in [0.25, 0.3) is 0 Å². The Morgan fingerprint density at radius 3 is 1.54 bits per heavy atom. The van der Waals surface area contributed by atoms with Crippen molar-refractivity contribution in [1.82, 2.24) is 0 Å². The molecule has 18 nitrogen and oxygen atoms in total. The van der Waals surface area contributed by atoms with Gasteiger partial charge in [0.05, 0.1) is 78.8 Å². The summed E-state index contributed by atoms with van der Waals surface area (Å²) in [5.41, 5.74) is 13.3.